The smallest absolute Gasteiger partial charge is 0.216 e. The highest BCUT2D eigenvalue weighted by Gasteiger charge is 2.15. The van der Waals surface area contributed by atoms with Crippen molar-refractivity contribution in [1.82, 2.24) is 0 Å². The second kappa shape index (κ2) is 18.8. The molecule has 0 spiro atoms. The van der Waals surface area contributed by atoms with Crippen LogP contribution in [0.3, 0.4) is 0 Å². The van der Waals surface area contributed by atoms with Crippen molar-refractivity contribution in [1.29, 1.82) is 0 Å². The van der Waals surface area contributed by atoms with Crippen LogP contribution in [0.4, 0.5) is 0 Å². The fourth-order valence-electron chi connectivity index (χ4n) is 5.94. The van der Waals surface area contributed by atoms with Crippen molar-refractivity contribution in [2.45, 2.75) is 64.5 Å². The second-order valence-corrected chi connectivity index (χ2v) is 11.4. The van der Waals surface area contributed by atoms with E-state index in [0.717, 1.165) is 46.9 Å². The molecule has 0 unspecified atom stereocenters. The molecule has 0 radical (unpaired) electrons. The number of unbranched alkanes of at least 4 members (excludes halogenated alkanes) is 7. The lowest BCUT2D eigenvalue weighted by atomic mass is 10.1. The van der Waals surface area contributed by atoms with E-state index in [0.29, 0.717) is 0 Å². The average Bonchev–Trinajstić information content (AvgIpc) is 3.08. The van der Waals surface area contributed by atoms with Gasteiger partial charge in [0.05, 0.1) is 10.8 Å². The molecule has 0 fully saturated rings. The van der Waals surface area contributed by atoms with E-state index < -0.39 is 0 Å². The first-order valence-corrected chi connectivity index (χ1v) is 16.1. The normalized spacial score (nSPS) is 10.7. The van der Waals surface area contributed by atoms with Crippen LogP contribution in [0.5, 0.6) is 23.0 Å². The fraction of sp³-hybridized carbons (Fsp3) is 0.250. The molecule has 0 atom stereocenters. The Bertz CT molecular complexity index is 1650. The van der Waals surface area contributed by atoms with Gasteiger partial charge >= 0.3 is 0 Å². The third-order valence-corrected chi connectivity index (χ3v) is 8.26. The van der Waals surface area contributed by atoms with Gasteiger partial charge in [-0.3, -0.25) is 0 Å². The molecular weight excluding hydrogens is 794 g/mol. The summed E-state index contributed by atoms with van der Waals surface area (Å²) in [6, 6.07) is 41.3. The van der Waals surface area contributed by atoms with Crippen LogP contribution >= 0.6 is 0 Å². The Labute approximate surface area is 307 Å². The lowest BCUT2D eigenvalue weighted by Crippen LogP contribution is -3.00. The van der Waals surface area contributed by atoms with Gasteiger partial charge in [-0.05, 0) is 49.2 Å². The van der Waals surface area contributed by atoms with E-state index >= 15 is 0 Å². The Morgan fingerprint density at radius 3 is 1.13 bits per heavy atom. The van der Waals surface area contributed by atoms with Crippen LogP contribution in [0.2, 0.25) is 0 Å². The standard InChI is InChI=1S/C40H42N2O2.2HI/c1(3-5-17-29-41-31-27-39(35-23-13-15-25-37(35)41)43-33-19-9-7-10-20-33)2-4-6-18-30-42-32-28-40(36-24-14-16-26-38(36)42)44-34-21-11-8-12-22-34;;/h7-16,19-28,31-32H,1-6,17-18,29-30H2;2*1H/q+2;;/p-2. The third-order valence-electron chi connectivity index (χ3n) is 8.26. The number of aromatic nitrogens is 2. The summed E-state index contributed by atoms with van der Waals surface area (Å²) in [7, 11) is 0. The van der Waals surface area contributed by atoms with Crippen molar-refractivity contribution in [2.75, 3.05) is 0 Å². The van der Waals surface area contributed by atoms with Crippen molar-refractivity contribution in [3.05, 3.63) is 134 Å². The van der Waals surface area contributed by atoms with Gasteiger partial charge < -0.3 is 57.4 Å². The number of pyridine rings is 2. The van der Waals surface area contributed by atoms with Crippen LogP contribution in [-0.4, -0.2) is 0 Å². The first-order valence-electron chi connectivity index (χ1n) is 16.1. The maximum absolute atomic E-state index is 6.19. The molecule has 0 saturated heterocycles. The molecule has 0 aliphatic rings. The van der Waals surface area contributed by atoms with Gasteiger partial charge in [-0.15, -0.1) is 0 Å². The highest BCUT2D eigenvalue weighted by molar-refractivity contribution is 5.83. The number of hydrogen-bond donors (Lipinski definition) is 0. The number of ether oxygens (including phenoxy) is 2. The van der Waals surface area contributed by atoms with Crippen molar-refractivity contribution in [3.8, 4) is 23.0 Å². The summed E-state index contributed by atoms with van der Waals surface area (Å²) in [5.41, 5.74) is 2.45. The van der Waals surface area contributed by atoms with E-state index in [4.69, 9.17) is 9.47 Å². The first kappa shape index (κ1) is 35.6. The van der Waals surface area contributed by atoms with Gasteiger partial charge in [-0.1, -0.05) is 86.3 Å². The number of aryl methyl sites for hydroxylation is 2. The van der Waals surface area contributed by atoms with Crippen LogP contribution in [0.1, 0.15) is 51.4 Å². The monoisotopic (exact) mass is 836 g/mol. The van der Waals surface area contributed by atoms with Gasteiger partial charge in [-0.2, -0.15) is 9.13 Å². The summed E-state index contributed by atoms with van der Waals surface area (Å²) < 4.78 is 17.1. The molecule has 4 nitrogen and oxygen atoms in total. The zero-order chi connectivity index (χ0) is 29.8. The summed E-state index contributed by atoms with van der Waals surface area (Å²) in [5, 5.41) is 2.31. The molecule has 0 aliphatic carbocycles. The summed E-state index contributed by atoms with van der Waals surface area (Å²) >= 11 is 0. The molecule has 2 heterocycles. The van der Waals surface area contributed by atoms with Gasteiger partial charge in [0.25, 0.3) is 0 Å². The van der Waals surface area contributed by atoms with E-state index in [1.54, 1.807) is 0 Å². The first-order chi connectivity index (χ1) is 21.8. The molecule has 2 aromatic heterocycles. The Morgan fingerprint density at radius 1 is 0.370 bits per heavy atom. The predicted molar refractivity (Wildman–Crippen MR) is 178 cm³/mol. The van der Waals surface area contributed by atoms with Gasteiger partial charge in [0.2, 0.25) is 11.0 Å². The minimum atomic E-state index is 0. The summed E-state index contributed by atoms with van der Waals surface area (Å²) in [5.74, 6) is 3.55. The van der Waals surface area contributed by atoms with E-state index in [2.05, 4.69) is 82.2 Å². The quantitative estimate of drug-likeness (QED) is 0.0891. The molecule has 0 aliphatic heterocycles. The summed E-state index contributed by atoms with van der Waals surface area (Å²) in [4.78, 5) is 0. The molecular formula is C40H42I2N2O2. The van der Waals surface area contributed by atoms with Gasteiger partial charge in [0.1, 0.15) is 36.1 Å². The molecule has 0 saturated carbocycles. The van der Waals surface area contributed by atoms with Gasteiger partial charge in [0, 0.05) is 37.1 Å². The maximum atomic E-state index is 6.19. The summed E-state index contributed by atoms with van der Waals surface area (Å²) in [6.07, 6.45) is 14.5. The average molecular weight is 837 g/mol. The number of hydrogen-bond acceptors (Lipinski definition) is 2. The summed E-state index contributed by atoms with van der Waals surface area (Å²) in [6.45, 7) is 2.07. The Hall–Kier alpha value is -3.24. The van der Waals surface area contributed by atoms with E-state index in [1.807, 2.05) is 60.7 Å². The lowest BCUT2D eigenvalue weighted by molar-refractivity contribution is -0.672. The molecule has 6 rings (SSSR count). The Kier molecular flexibility index (Phi) is 14.5. The van der Waals surface area contributed by atoms with Crippen LogP contribution in [0.25, 0.3) is 21.8 Å². The topological polar surface area (TPSA) is 26.2 Å². The van der Waals surface area contributed by atoms with E-state index in [9.17, 15) is 0 Å². The van der Waals surface area contributed by atoms with Gasteiger partial charge in [0.15, 0.2) is 12.4 Å². The molecule has 6 aromatic rings. The van der Waals surface area contributed by atoms with Gasteiger partial charge in [-0.25, -0.2) is 0 Å². The van der Waals surface area contributed by atoms with E-state index in [-0.39, 0.29) is 48.0 Å². The van der Waals surface area contributed by atoms with Crippen LogP contribution in [0, 0.1) is 0 Å². The fourth-order valence-corrected chi connectivity index (χ4v) is 5.94. The molecule has 6 heteroatoms. The highest BCUT2D eigenvalue weighted by Crippen LogP contribution is 2.29. The molecule has 0 bridgehead atoms. The van der Waals surface area contributed by atoms with Crippen molar-refractivity contribution < 1.29 is 66.6 Å². The molecule has 0 N–H and O–H groups in total. The lowest BCUT2D eigenvalue weighted by Gasteiger charge is -2.09. The third kappa shape index (κ3) is 9.64. The SMILES string of the molecule is [I-].[I-].c1ccc(Oc2cc[n+](CCCCCCCCCC[n+]3ccc(Oc4ccccc4)c4ccccc43)c3ccccc23)cc1. The number of benzene rings is 4. The molecule has 4 aromatic carbocycles. The van der Waals surface area contributed by atoms with E-state index in [1.165, 1.54) is 62.4 Å². The number of halogens is 2. The zero-order valence-electron chi connectivity index (χ0n) is 26.2. The van der Waals surface area contributed by atoms with Crippen molar-refractivity contribution >= 4 is 21.8 Å². The Morgan fingerprint density at radius 2 is 0.717 bits per heavy atom. The van der Waals surface area contributed by atoms with Crippen LogP contribution < -0.4 is 66.6 Å². The van der Waals surface area contributed by atoms with Crippen LogP contribution in [0.15, 0.2) is 134 Å². The predicted octanol–water partition coefficient (Wildman–Crippen LogP) is 3.98. The number of nitrogens with zero attached hydrogens (tertiary/aromatic N) is 2. The highest BCUT2D eigenvalue weighted by atomic mass is 127. The van der Waals surface area contributed by atoms with Crippen molar-refractivity contribution in [3.63, 3.8) is 0 Å². The van der Waals surface area contributed by atoms with Crippen LogP contribution in [-0.2, 0) is 13.1 Å². The molecule has 238 valence electrons. The number of rotatable bonds is 15. The largest absolute Gasteiger partial charge is 1.00 e. The minimum absolute atomic E-state index is 0. The van der Waals surface area contributed by atoms with Crippen molar-refractivity contribution in [2.24, 2.45) is 0 Å². The number of para-hydroxylation sites is 4. The minimum Gasteiger partial charge on any atom is -1.00 e. The molecule has 46 heavy (non-hydrogen) atoms. The second-order valence-electron chi connectivity index (χ2n) is 11.4. The molecule has 0 amide bonds. The maximum Gasteiger partial charge on any atom is 0.216 e. The Balaban J connectivity index is 0.00000240. The number of fused-ring (bicyclic) bond motifs is 2. The zero-order valence-corrected chi connectivity index (χ0v) is 30.6.